The fourth-order valence-electron chi connectivity index (χ4n) is 8.12. The predicted molar refractivity (Wildman–Crippen MR) is 92.0 cm³/mol. The molecule has 10 nitrogen and oxygen atoms in total. The Balaban J connectivity index is 1.72. The molecule has 3 N–H and O–H groups in total. The van der Waals surface area contributed by atoms with E-state index in [0.717, 1.165) is 0 Å². The van der Waals surface area contributed by atoms with E-state index >= 15 is 0 Å². The van der Waals surface area contributed by atoms with Crippen LogP contribution in [0.2, 0.25) is 0 Å². The Morgan fingerprint density at radius 2 is 1.70 bits per heavy atom. The van der Waals surface area contributed by atoms with Crippen LogP contribution in [-0.4, -0.2) is 75.1 Å². The van der Waals surface area contributed by atoms with E-state index in [1.54, 1.807) is 0 Å². The molecule has 0 aromatic carbocycles. The van der Waals surface area contributed by atoms with Gasteiger partial charge >= 0.3 is 17.9 Å². The maximum absolute atomic E-state index is 13.4. The number of carbonyl (C=O) groups is 3. The summed E-state index contributed by atoms with van der Waals surface area (Å²) in [6.07, 6.45) is -6.91. The second-order valence-electron chi connectivity index (χ2n) is 10.7. The van der Waals surface area contributed by atoms with Crippen LogP contribution in [0.25, 0.3) is 0 Å². The van der Waals surface area contributed by atoms with Gasteiger partial charge in [-0.25, -0.2) is 9.59 Å². The van der Waals surface area contributed by atoms with Crippen LogP contribution in [0.4, 0.5) is 0 Å². The Morgan fingerprint density at radius 1 is 1.03 bits per heavy atom. The standard InChI is InChI=1S/C20H24O10/c1-6-12(23)28-11-9(21)18-8-5-7(16(2,3)4)17(18)10(22)13(24)29-15(17)30-20(18,14(25)27-8)19(6,11)26/h6-11,15,21-22,26H,5H2,1-4H3/t6-,7-,8-,9-,10+,11+,15-,17-,18+,19-,20-/m1/s1. The van der Waals surface area contributed by atoms with Crippen molar-refractivity contribution < 1.29 is 48.7 Å². The molecule has 2 spiro atoms. The molecule has 6 fully saturated rings. The van der Waals surface area contributed by atoms with Gasteiger partial charge in [-0.3, -0.25) is 4.79 Å². The molecule has 0 bridgehead atoms. The van der Waals surface area contributed by atoms with Crippen molar-refractivity contribution in [2.75, 3.05) is 0 Å². The number of hydrogen-bond acceptors (Lipinski definition) is 10. The molecule has 164 valence electrons. The van der Waals surface area contributed by atoms with Gasteiger partial charge in [0, 0.05) is 0 Å². The number of hydrogen-bond donors (Lipinski definition) is 3. The second-order valence-corrected chi connectivity index (χ2v) is 10.7. The molecule has 6 rings (SSSR count). The van der Waals surface area contributed by atoms with Crippen LogP contribution in [0.3, 0.4) is 0 Å². The fraction of sp³-hybridized carbons (Fsp3) is 0.850. The zero-order chi connectivity index (χ0) is 21.8. The Labute approximate surface area is 171 Å². The van der Waals surface area contributed by atoms with Gasteiger partial charge in [-0.1, -0.05) is 20.8 Å². The van der Waals surface area contributed by atoms with Gasteiger partial charge in [-0.15, -0.1) is 0 Å². The summed E-state index contributed by atoms with van der Waals surface area (Å²) in [6.45, 7) is 7.14. The van der Waals surface area contributed by atoms with E-state index in [1.165, 1.54) is 6.92 Å². The summed E-state index contributed by atoms with van der Waals surface area (Å²) in [4.78, 5) is 38.2. The lowest BCUT2D eigenvalue weighted by molar-refractivity contribution is -0.239. The van der Waals surface area contributed by atoms with Crippen LogP contribution < -0.4 is 0 Å². The van der Waals surface area contributed by atoms with Gasteiger partial charge in [0.15, 0.2) is 17.8 Å². The summed E-state index contributed by atoms with van der Waals surface area (Å²) in [5.41, 5.74) is -8.26. The zero-order valence-electron chi connectivity index (χ0n) is 16.9. The highest BCUT2D eigenvalue weighted by Crippen LogP contribution is 2.84. The van der Waals surface area contributed by atoms with E-state index in [0.29, 0.717) is 0 Å². The fourth-order valence-corrected chi connectivity index (χ4v) is 8.12. The Morgan fingerprint density at radius 3 is 2.33 bits per heavy atom. The average Bonchev–Trinajstić information content (AvgIpc) is 3.35. The van der Waals surface area contributed by atoms with E-state index < -0.39 is 87.9 Å². The van der Waals surface area contributed by atoms with E-state index in [9.17, 15) is 29.7 Å². The molecule has 0 amide bonds. The topological polar surface area (TPSA) is 149 Å². The second kappa shape index (κ2) is 4.69. The predicted octanol–water partition coefficient (Wildman–Crippen LogP) is -1.37. The average molecular weight is 424 g/mol. The first-order valence-corrected chi connectivity index (χ1v) is 10.2. The van der Waals surface area contributed by atoms with Crippen molar-refractivity contribution in [2.45, 2.75) is 76.0 Å². The van der Waals surface area contributed by atoms with Gasteiger partial charge in [0.25, 0.3) is 0 Å². The number of carbonyl (C=O) groups excluding carboxylic acids is 3. The molecule has 10 heteroatoms. The van der Waals surface area contributed by atoms with Gasteiger partial charge in [-0.2, -0.15) is 0 Å². The van der Waals surface area contributed by atoms with Crippen molar-refractivity contribution >= 4 is 17.9 Å². The first-order valence-electron chi connectivity index (χ1n) is 10.2. The molecule has 0 radical (unpaired) electrons. The van der Waals surface area contributed by atoms with Crippen LogP contribution in [0.15, 0.2) is 0 Å². The minimum atomic E-state index is -2.24. The molecule has 2 aliphatic carbocycles. The normalized spacial score (nSPS) is 60.1. The third-order valence-corrected chi connectivity index (χ3v) is 9.00. The number of rotatable bonds is 0. The van der Waals surface area contributed by atoms with Gasteiger partial charge in [0.05, 0.1) is 16.7 Å². The summed E-state index contributed by atoms with van der Waals surface area (Å²) < 4.78 is 22.5. The third-order valence-electron chi connectivity index (χ3n) is 9.00. The highest BCUT2D eigenvalue weighted by molar-refractivity contribution is 5.94. The Kier molecular flexibility index (Phi) is 2.97. The van der Waals surface area contributed by atoms with E-state index in [-0.39, 0.29) is 6.42 Å². The highest BCUT2D eigenvalue weighted by atomic mass is 16.8. The Hall–Kier alpha value is -1.75. The van der Waals surface area contributed by atoms with E-state index in [1.807, 2.05) is 20.8 Å². The monoisotopic (exact) mass is 424 g/mol. The first kappa shape index (κ1) is 19.0. The van der Waals surface area contributed by atoms with Crippen LogP contribution in [0.1, 0.15) is 34.1 Å². The van der Waals surface area contributed by atoms with Crippen molar-refractivity contribution in [1.82, 2.24) is 0 Å². The SMILES string of the molecule is C[C@@H]1C(=O)O[C@H]2[C@@H](O)[C@@]34[C@H]5C[C@H](C(C)(C)C)[C@@]36[C@H](OC(=O)[C@@H]6O)O[C@@]4(C(=O)O5)[C@@]12O. The number of aliphatic hydroxyl groups is 3. The van der Waals surface area contributed by atoms with Crippen molar-refractivity contribution in [3.05, 3.63) is 0 Å². The van der Waals surface area contributed by atoms with E-state index in [2.05, 4.69) is 0 Å². The summed E-state index contributed by atoms with van der Waals surface area (Å²) in [7, 11) is 0. The molecule has 0 unspecified atom stereocenters. The summed E-state index contributed by atoms with van der Waals surface area (Å²) in [5, 5.41) is 34.7. The molecule has 4 saturated heterocycles. The molecule has 11 atom stereocenters. The largest absolute Gasteiger partial charge is 0.459 e. The summed E-state index contributed by atoms with van der Waals surface area (Å²) in [6, 6.07) is 0. The number of aliphatic hydroxyl groups excluding tert-OH is 2. The molecule has 4 heterocycles. The number of ether oxygens (including phenoxy) is 4. The van der Waals surface area contributed by atoms with Gasteiger partial charge < -0.3 is 34.3 Å². The third kappa shape index (κ3) is 1.33. The maximum Gasteiger partial charge on any atom is 0.343 e. The molecular formula is C20H24O10. The maximum atomic E-state index is 13.4. The summed E-state index contributed by atoms with van der Waals surface area (Å²) in [5.74, 6) is -4.32. The number of esters is 3. The minimum Gasteiger partial charge on any atom is -0.459 e. The van der Waals surface area contributed by atoms with Crippen LogP contribution in [-0.2, 0) is 33.3 Å². The van der Waals surface area contributed by atoms with Gasteiger partial charge in [0.1, 0.15) is 12.2 Å². The minimum absolute atomic E-state index is 0.229. The quantitative estimate of drug-likeness (QED) is 0.314. The molecule has 0 aromatic rings. The van der Waals surface area contributed by atoms with Gasteiger partial charge in [0.2, 0.25) is 11.9 Å². The summed E-state index contributed by atoms with van der Waals surface area (Å²) >= 11 is 0. The molecular weight excluding hydrogens is 400 g/mol. The first-order chi connectivity index (χ1) is 13.8. The van der Waals surface area contributed by atoms with Crippen molar-refractivity contribution in [2.24, 2.45) is 28.1 Å². The van der Waals surface area contributed by atoms with Crippen molar-refractivity contribution in [1.29, 1.82) is 0 Å². The molecule has 2 saturated carbocycles. The number of fused-ring (bicyclic) bond motifs is 1. The lowest BCUT2D eigenvalue weighted by atomic mass is 9.51. The van der Waals surface area contributed by atoms with Crippen molar-refractivity contribution in [3.8, 4) is 0 Å². The highest BCUT2D eigenvalue weighted by Gasteiger charge is 3.03. The molecule has 30 heavy (non-hydrogen) atoms. The van der Waals surface area contributed by atoms with Crippen LogP contribution in [0, 0.1) is 28.1 Å². The van der Waals surface area contributed by atoms with Crippen LogP contribution in [0.5, 0.6) is 0 Å². The smallest absolute Gasteiger partial charge is 0.343 e. The van der Waals surface area contributed by atoms with E-state index in [4.69, 9.17) is 18.9 Å². The Bertz CT molecular complexity index is 925. The van der Waals surface area contributed by atoms with Crippen LogP contribution >= 0.6 is 0 Å². The van der Waals surface area contributed by atoms with Gasteiger partial charge in [-0.05, 0) is 24.7 Å². The molecule has 6 aliphatic rings. The lowest BCUT2D eigenvalue weighted by Gasteiger charge is -2.47. The zero-order valence-corrected chi connectivity index (χ0v) is 16.9. The van der Waals surface area contributed by atoms with Crippen molar-refractivity contribution in [3.63, 3.8) is 0 Å². The molecule has 4 aliphatic heterocycles. The molecule has 0 aromatic heterocycles. The lowest BCUT2D eigenvalue weighted by Crippen LogP contribution is -2.67.